The highest BCUT2D eigenvalue weighted by atomic mass is 32.2. The molecule has 92 valence electrons. The Morgan fingerprint density at radius 2 is 2.00 bits per heavy atom. The molecule has 0 saturated heterocycles. The van der Waals surface area contributed by atoms with Gasteiger partial charge in [-0.3, -0.25) is 0 Å². The quantitative estimate of drug-likeness (QED) is 0.593. The maximum Gasteiger partial charge on any atom is 0.212 e. The lowest BCUT2D eigenvalue weighted by molar-refractivity contribution is 0.575. The number of hydrogen-bond acceptors (Lipinski definition) is 4. The molecule has 0 aliphatic carbocycles. The summed E-state index contributed by atoms with van der Waals surface area (Å²) < 4.78 is 25.4. The lowest BCUT2D eigenvalue weighted by atomic mass is 10.3. The van der Waals surface area contributed by atoms with Crippen LogP contribution < -0.4 is 10.0 Å². The molecule has 0 amide bonds. The monoisotopic (exact) mass is 254 g/mol. The second-order valence-corrected chi connectivity index (χ2v) is 6.60. The number of hydrogen-bond donors (Lipinski definition) is 2. The molecule has 0 aliphatic heterocycles. The van der Waals surface area contributed by atoms with Gasteiger partial charge in [-0.15, -0.1) is 0 Å². The molecule has 4 nitrogen and oxygen atoms in total. The Morgan fingerprint density at radius 3 is 2.53 bits per heavy atom. The van der Waals surface area contributed by atoms with E-state index >= 15 is 0 Å². The third kappa shape index (κ3) is 9.17. The number of rotatable bonds is 9. The van der Waals surface area contributed by atoms with Crippen LogP contribution in [-0.2, 0) is 10.0 Å². The highest BCUT2D eigenvalue weighted by molar-refractivity contribution is 7.99. The zero-order chi connectivity index (χ0) is 11.7. The van der Waals surface area contributed by atoms with E-state index in [9.17, 15) is 8.42 Å². The van der Waals surface area contributed by atoms with Gasteiger partial charge in [0.15, 0.2) is 0 Å². The van der Waals surface area contributed by atoms with E-state index in [1.54, 1.807) is 11.8 Å². The lowest BCUT2D eigenvalue weighted by Crippen LogP contribution is -2.33. The van der Waals surface area contributed by atoms with Crippen molar-refractivity contribution in [2.45, 2.75) is 25.5 Å². The van der Waals surface area contributed by atoms with Gasteiger partial charge in [0.2, 0.25) is 10.0 Å². The molecule has 0 aromatic carbocycles. The summed E-state index contributed by atoms with van der Waals surface area (Å²) in [7, 11) is -3.08. The Labute approximate surface area is 97.6 Å². The fourth-order valence-electron chi connectivity index (χ4n) is 0.991. The summed E-state index contributed by atoms with van der Waals surface area (Å²) in [6.45, 7) is 5.91. The van der Waals surface area contributed by atoms with E-state index < -0.39 is 10.0 Å². The molecule has 0 spiro atoms. The molecule has 0 aromatic rings. The molecule has 6 heteroatoms. The molecule has 0 aliphatic rings. The van der Waals surface area contributed by atoms with Crippen LogP contribution in [0.4, 0.5) is 0 Å². The molecule has 0 bridgehead atoms. The zero-order valence-corrected chi connectivity index (χ0v) is 11.4. The molecule has 2 N–H and O–H groups in total. The Bertz CT molecular complexity index is 242. The zero-order valence-electron chi connectivity index (χ0n) is 9.75. The Kier molecular flexibility index (Phi) is 8.50. The van der Waals surface area contributed by atoms with E-state index in [0.717, 1.165) is 13.0 Å². The first-order valence-electron chi connectivity index (χ1n) is 5.22. The first-order chi connectivity index (χ1) is 7.02. The minimum absolute atomic E-state index is 0.161. The van der Waals surface area contributed by atoms with Crippen LogP contribution in [0.15, 0.2) is 0 Å². The van der Waals surface area contributed by atoms with E-state index in [0.29, 0.717) is 18.3 Å². The normalized spacial score (nSPS) is 14.1. The highest BCUT2D eigenvalue weighted by Gasteiger charge is 2.09. The summed E-state index contributed by atoms with van der Waals surface area (Å²) >= 11 is 1.75. The summed E-state index contributed by atoms with van der Waals surface area (Å²) in [6.07, 6.45) is 2.91. The fourth-order valence-corrected chi connectivity index (χ4v) is 2.33. The summed E-state index contributed by atoms with van der Waals surface area (Å²) in [6, 6.07) is 0. The predicted molar refractivity (Wildman–Crippen MR) is 67.9 cm³/mol. The van der Waals surface area contributed by atoms with Crippen molar-refractivity contribution in [3.05, 3.63) is 0 Å². The van der Waals surface area contributed by atoms with Gasteiger partial charge in [-0.1, -0.05) is 13.8 Å². The molecule has 0 heterocycles. The molecule has 1 unspecified atom stereocenters. The standard InChI is InChI=1S/C9H22N2O2S2/c1-4-10-7-8-15(12,13)11-6-5-9(2)14-3/h9-11H,4-8H2,1-3H3. The molecule has 0 aromatic heterocycles. The maximum atomic E-state index is 11.4. The fraction of sp³-hybridized carbons (Fsp3) is 1.00. The largest absolute Gasteiger partial charge is 0.316 e. The first kappa shape index (κ1) is 15.2. The van der Waals surface area contributed by atoms with Crippen LogP contribution >= 0.6 is 11.8 Å². The average molecular weight is 254 g/mol. The minimum Gasteiger partial charge on any atom is -0.316 e. The average Bonchev–Trinajstić information content (AvgIpc) is 2.17. The SMILES string of the molecule is CCNCCS(=O)(=O)NCCC(C)SC. The third-order valence-electron chi connectivity index (χ3n) is 2.07. The molecule has 0 radical (unpaired) electrons. The van der Waals surface area contributed by atoms with E-state index in [2.05, 4.69) is 17.0 Å². The van der Waals surface area contributed by atoms with Gasteiger partial charge in [-0.05, 0) is 19.2 Å². The predicted octanol–water partition coefficient (Wildman–Crippen LogP) is 0.657. The van der Waals surface area contributed by atoms with Gasteiger partial charge < -0.3 is 5.32 Å². The van der Waals surface area contributed by atoms with Crippen LogP contribution in [0, 0.1) is 0 Å². The van der Waals surface area contributed by atoms with Crippen LogP contribution in [0.1, 0.15) is 20.3 Å². The van der Waals surface area contributed by atoms with Crippen molar-refractivity contribution >= 4 is 21.8 Å². The maximum absolute atomic E-state index is 11.4. The van der Waals surface area contributed by atoms with Crippen molar-refractivity contribution in [3.8, 4) is 0 Å². The molecule has 0 fully saturated rings. The van der Waals surface area contributed by atoms with Gasteiger partial charge in [-0.25, -0.2) is 13.1 Å². The highest BCUT2D eigenvalue weighted by Crippen LogP contribution is 2.08. The lowest BCUT2D eigenvalue weighted by Gasteiger charge is -2.09. The Morgan fingerprint density at radius 1 is 1.33 bits per heavy atom. The van der Waals surface area contributed by atoms with Gasteiger partial charge in [0.05, 0.1) is 5.75 Å². The van der Waals surface area contributed by atoms with E-state index in [-0.39, 0.29) is 5.75 Å². The smallest absolute Gasteiger partial charge is 0.212 e. The van der Waals surface area contributed by atoms with E-state index in [1.807, 2.05) is 13.2 Å². The molecule has 1 atom stereocenters. The minimum atomic E-state index is -3.08. The summed E-state index contributed by atoms with van der Waals surface area (Å²) in [5.41, 5.74) is 0. The van der Waals surface area contributed by atoms with Crippen LogP contribution in [0.5, 0.6) is 0 Å². The molecular formula is C9H22N2O2S2. The topological polar surface area (TPSA) is 58.2 Å². The van der Waals surface area contributed by atoms with Gasteiger partial charge in [0.25, 0.3) is 0 Å². The van der Waals surface area contributed by atoms with Gasteiger partial charge in [0.1, 0.15) is 0 Å². The summed E-state index contributed by atoms with van der Waals surface area (Å²) in [4.78, 5) is 0. The van der Waals surface area contributed by atoms with Crippen molar-refractivity contribution in [2.75, 3.05) is 31.6 Å². The number of sulfonamides is 1. The van der Waals surface area contributed by atoms with Crippen LogP contribution in [0.2, 0.25) is 0 Å². The van der Waals surface area contributed by atoms with Crippen molar-refractivity contribution in [2.24, 2.45) is 0 Å². The van der Waals surface area contributed by atoms with Gasteiger partial charge in [0, 0.05) is 18.3 Å². The second-order valence-electron chi connectivity index (χ2n) is 3.40. The van der Waals surface area contributed by atoms with Gasteiger partial charge in [-0.2, -0.15) is 11.8 Å². The number of nitrogens with one attached hydrogen (secondary N) is 2. The molecular weight excluding hydrogens is 232 g/mol. The van der Waals surface area contributed by atoms with Crippen molar-refractivity contribution < 1.29 is 8.42 Å². The van der Waals surface area contributed by atoms with E-state index in [4.69, 9.17) is 0 Å². The molecule has 0 saturated carbocycles. The van der Waals surface area contributed by atoms with Crippen molar-refractivity contribution in [1.82, 2.24) is 10.0 Å². The van der Waals surface area contributed by atoms with Crippen LogP contribution in [0.25, 0.3) is 0 Å². The van der Waals surface area contributed by atoms with Gasteiger partial charge >= 0.3 is 0 Å². The van der Waals surface area contributed by atoms with Crippen LogP contribution in [0.3, 0.4) is 0 Å². The molecule has 0 rings (SSSR count). The second kappa shape index (κ2) is 8.38. The van der Waals surface area contributed by atoms with Crippen molar-refractivity contribution in [3.63, 3.8) is 0 Å². The summed E-state index contributed by atoms with van der Waals surface area (Å²) in [5, 5.41) is 3.49. The Hall–Kier alpha value is 0.220. The number of thioether (sulfide) groups is 1. The van der Waals surface area contributed by atoms with E-state index in [1.165, 1.54) is 0 Å². The third-order valence-corrected chi connectivity index (χ3v) is 4.50. The first-order valence-corrected chi connectivity index (χ1v) is 8.16. The Balaban J connectivity index is 3.65. The summed E-state index contributed by atoms with van der Waals surface area (Å²) in [5.74, 6) is 0.161. The molecule has 15 heavy (non-hydrogen) atoms. The van der Waals surface area contributed by atoms with Crippen molar-refractivity contribution in [1.29, 1.82) is 0 Å². The van der Waals surface area contributed by atoms with Crippen LogP contribution in [-0.4, -0.2) is 45.3 Å².